The van der Waals surface area contributed by atoms with Gasteiger partial charge in [0.15, 0.2) is 0 Å². The first-order chi connectivity index (χ1) is 12.1. The van der Waals surface area contributed by atoms with Crippen molar-refractivity contribution in [1.82, 2.24) is 5.48 Å². The lowest BCUT2D eigenvalue weighted by Crippen LogP contribution is -2.15. The van der Waals surface area contributed by atoms with Crippen LogP contribution in [0.4, 0.5) is 5.69 Å². The van der Waals surface area contributed by atoms with Gasteiger partial charge in [-0.2, -0.15) is 0 Å². The number of carbonyl (C=O) groups is 1. The molecule has 2 rings (SSSR count). The molecule has 0 atom stereocenters. The molecule has 0 fully saturated rings. The summed E-state index contributed by atoms with van der Waals surface area (Å²) in [6, 6.07) is 13.3. The maximum Gasteiger partial charge on any atom is 0.267 e. The Morgan fingerprint density at radius 2 is 1.58 bits per heavy atom. The number of anilines is 1. The van der Waals surface area contributed by atoms with Crippen LogP contribution in [0.3, 0.4) is 0 Å². The molecule has 0 bridgehead atoms. The summed E-state index contributed by atoms with van der Waals surface area (Å²) < 4.78 is 27.5. The van der Waals surface area contributed by atoms with Gasteiger partial charge in [0.1, 0.15) is 0 Å². The van der Waals surface area contributed by atoms with Gasteiger partial charge in [-0.05, 0) is 46.9 Å². The van der Waals surface area contributed by atoms with Gasteiger partial charge in [-0.25, -0.2) is 13.9 Å². The Bertz CT molecular complexity index is 894. The number of hydrogen-bond acceptors (Lipinski definition) is 4. The zero-order chi connectivity index (χ0) is 19.4. The first-order valence-electron chi connectivity index (χ1n) is 7.97. The van der Waals surface area contributed by atoms with Gasteiger partial charge in [0, 0.05) is 11.8 Å². The number of sulfonamides is 1. The minimum Gasteiger partial charge on any atom is -0.288 e. The molecule has 0 spiro atoms. The molecule has 0 aliphatic carbocycles. The summed E-state index contributed by atoms with van der Waals surface area (Å²) >= 11 is 0. The van der Waals surface area contributed by atoms with Crippen molar-refractivity contribution in [3.8, 4) is 0 Å². The van der Waals surface area contributed by atoms with E-state index in [2.05, 4.69) is 25.5 Å². The molecule has 6 nitrogen and oxygen atoms in total. The van der Waals surface area contributed by atoms with E-state index in [1.54, 1.807) is 36.4 Å². The highest BCUT2D eigenvalue weighted by atomic mass is 32.2. The molecular formula is C19H22N2O4S. The number of hydroxylamine groups is 1. The normalized spacial score (nSPS) is 12.2. The summed E-state index contributed by atoms with van der Waals surface area (Å²) in [6.07, 6.45) is 2.66. The van der Waals surface area contributed by atoms with Gasteiger partial charge >= 0.3 is 0 Å². The van der Waals surface area contributed by atoms with E-state index in [0.717, 1.165) is 11.6 Å². The van der Waals surface area contributed by atoms with E-state index in [1.807, 2.05) is 12.1 Å². The number of hydrogen-bond donors (Lipinski definition) is 3. The molecule has 0 aliphatic rings. The second kappa shape index (κ2) is 7.72. The molecular weight excluding hydrogens is 352 g/mol. The van der Waals surface area contributed by atoms with Crippen molar-refractivity contribution in [3.63, 3.8) is 0 Å². The molecule has 0 aliphatic heterocycles. The van der Waals surface area contributed by atoms with Crippen LogP contribution in [0.25, 0.3) is 6.08 Å². The van der Waals surface area contributed by atoms with Gasteiger partial charge in [0.05, 0.1) is 4.90 Å². The summed E-state index contributed by atoms with van der Waals surface area (Å²) in [6.45, 7) is 6.19. The molecule has 2 aromatic carbocycles. The van der Waals surface area contributed by atoms with Crippen LogP contribution in [0.5, 0.6) is 0 Å². The summed E-state index contributed by atoms with van der Waals surface area (Å²) in [5.74, 6) is -0.645. The van der Waals surface area contributed by atoms with Gasteiger partial charge in [-0.15, -0.1) is 0 Å². The molecule has 0 saturated carbocycles. The van der Waals surface area contributed by atoms with E-state index < -0.39 is 15.9 Å². The third kappa shape index (κ3) is 5.18. The molecule has 1 amide bonds. The largest absolute Gasteiger partial charge is 0.288 e. The maximum absolute atomic E-state index is 12.5. The van der Waals surface area contributed by atoms with Crippen molar-refractivity contribution in [2.24, 2.45) is 0 Å². The van der Waals surface area contributed by atoms with Crippen molar-refractivity contribution in [1.29, 1.82) is 0 Å². The topological polar surface area (TPSA) is 95.5 Å². The van der Waals surface area contributed by atoms with Crippen molar-refractivity contribution < 1.29 is 18.4 Å². The van der Waals surface area contributed by atoms with Crippen molar-refractivity contribution in [3.05, 3.63) is 65.7 Å². The second-order valence-corrected chi connectivity index (χ2v) is 8.49. The Labute approximate surface area is 153 Å². The second-order valence-electron chi connectivity index (χ2n) is 6.81. The number of nitrogens with one attached hydrogen (secondary N) is 2. The van der Waals surface area contributed by atoms with E-state index in [-0.39, 0.29) is 10.3 Å². The van der Waals surface area contributed by atoms with Crippen LogP contribution < -0.4 is 10.2 Å². The fourth-order valence-corrected chi connectivity index (χ4v) is 3.28. The molecule has 0 unspecified atom stereocenters. The number of benzene rings is 2. The van der Waals surface area contributed by atoms with Crippen LogP contribution in [-0.2, 0) is 20.2 Å². The Kier molecular flexibility index (Phi) is 5.84. The highest BCUT2D eigenvalue weighted by Crippen LogP contribution is 2.24. The third-order valence-corrected chi connectivity index (χ3v) is 5.13. The number of carbonyl (C=O) groups excluding carboxylic acids is 1. The van der Waals surface area contributed by atoms with Gasteiger partial charge in [0.2, 0.25) is 0 Å². The van der Waals surface area contributed by atoms with Crippen LogP contribution in [0.1, 0.15) is 31.9 Å². The Morgan fingerprint density at radius 3 is 2.08 bits per heavy atom. The van der Waals surface area contributed by atoms with Crippen LogP contribution in [0.15, 0.2) is 59.5 Å². The average molecular weight is 374 g/mol. The lowest BCUT2D eigenvalue weighted by Gasteiger charge is -2.19. The summed E-state index contributed by atoms with van der Waals surface area (Å²) in [5, 5.41) is 8.43. The molecule has 0 heterocycles. The average Bonchev–Trinajstić information content (AvgIpc) is 2.60. The molecule has 0 aromatic heterocycles. The van der Waals surface area contributed by atoms with Gasteiger partial charge in [-0.1, -0.05) is 45.0 Å². The van der Waals surface area contributed by atoms with E-state index in [1.165, 1.54) is 11.6 Å². The maximum atomic E-state index is 12.5. The van der Waals surface area contributed by atoms with Crippen LogP contribution in [0.2, 0.25) is 0 Å². The SMILES string of the molecule is CC(C)(C)c1ccc(S(=O)(=O)Nc2ccc(/C=C/C(=O)NO)cc2)cc1. The van der Waals surface area contributed by atoms with Gasteiger partial charge in [0.25, 0.3) is 15.9 Å². The van der Waals surface area contributed by atoms with E-state index in [0.29, 0.717) is 11.3 Å². The minimum absolute atomic E-state index is 0.0496. The molecule has 3 N–H and O–H groups in total. The Hall–Kier alpha value is -2.64. The number of amides is 1. The van der Waals surface area contributed by atoms with Crippen molar-refractivity contribution in [2.75, 3.05) is 4.72 Å². The lowest BCUT2D eigenvalue weighted by molar-refractivity contribution is -0.124. The summed E-state index contributed by atoms with van der Waals surface area (Å²) in [5.41, 5.74) is 3.59. The third-order valence-electron chi connectivity index (χ3n) is 3.73. The summed E-state index contributed by atoms with van der Waals surface area (Å²) in [4.78, 5) is 11.1. The zero-order valence-electron chi connectivity index (χ0n) is 14.9. The number of rotatable bonds is 5. The molecule has 0 radical (unpaired) electrons. The molecule has 7 heteroatoms. The summed E-state index contributed by atoms with van der Waals surface area (Å²) in [7, 11) is -3.68. The van der Waals surface area contributed by atoms with Crippen LogP contribution >= 0.6 is 0 Å². The first kappa shape index (κ1) is 19.7. The van der Waals surface area contributed by atoms with Gasteiger partial charge < -0.3 is 0 Å². The Balaban J connectivity index is 2.14. The quantitative estimate of drug-likeness (QED) is 0.425. The van der Waals surface area contributed by atoms with Crippen LogP contribution in [0, 0.1) is 0 Å². The molecule has 0 saturated heterocycles. The zero-order valence-corrected chi connectivity index (χ0v) is 15.7. The van der Waals surface area contributed by atoms with Gasteiger partial charge in [-0.3, -0.25) is 14.7 Å². The molecule has 138 valence electrons. The Morgan fingerprint density at radius 1 is 1.00 bits per heavy atom. The lowest BCUT2D eigenvalue weighted by atomic mass is 9.87. The standard InChI is InChI=1S/C19H22N2O4S/c1-19(2,3)15-7-11-17(12-8-15)26(24,25)21-16-9-4-14(5-10-16)6-13-18(22)20-23/h4-13,21,23H,1-3H3,(H,20,22)/b13-6+. The van der Waals surface area contributed by atoms with Crippen molar-refractivity contribution in [2.45, 2.75) is 31.1 Å². The highest BCUT2D eigenvalue weighted by Gasteiger charge is 2.17. The fourth-order valence-electron chi connectivity index (χ4n) is 2.22. The first-order valence-corrected chi connectivity index (χ1v) is 9.46. The minimum atomic E-state index is -3.68. The predicted octanol–water partition coefficient (Wildman–Crippen LogP) is 3.30. The van der Waals surface area contributed by atoms with E-state index in [9.17, 15) is 13.2 Å². The molecule has 2 aromatic rings. The molecule has 26 heavy (non-hydrogen) atoms. The fraction of sp³-hybridized carbons (Fsp3) is 0.211. The van der Waals surface area contributed by atoms with E-state index in [4.69, 9.17) is 5.21 Å². The van der Waals surface area contributed by atoms with Crippen LogP contribution in [-0.4, -0.2) is 19.5 Å². The predicted molar refractivity (Wildman–Crippen MR) is 101 cm³/mol. The highest BCUT2D eigenvalue weighted by molar-refractivity contribution is 7.92. The smallest absolute Gasteiger partial charge is 0.267 e. The van der Waals surface area contributed by atoms with Crippen molar-refractivity contribution >= 4 is 27.7 Å². The van der Waals surface area contributed by atoms with E-state index >= 15 is 0 Å². The monoisotopic (exact) mass is 374 g/mol.